The Bertz CT molecular complexity index is 585. The summed E-state index contributed by atoms with van der Waals surface area (Å²) in [7, 11) is 2.31. The molecule has 0 heterocycles. The normalized spacial score (nSPS) is 12.9. The third-order valence-electron chi connectivity index (χ3n) is 3.11. The summed E-state index contributed by atoms with van der Waals surface area (Å²) in [5.41, 5.74) is -0.290. The Morgan fingerprint density at radius 2 is 1.57 bits per heavy atom. The summed E-state index contributed by atoms with van der Waals surface area (Å²) in [6, 6.07) is 1.12. The first kappa shape index (κ1) is 18.5. The monoisotopic (exact) mass is 329 g/mol. The molecule has 8 heteroatoms. The predicted octanol–water partition coefficient (Wildman–Crippen LogP) is 1.44. The molecule has 0 aliphatic heterocycles. The van der Waals surface area contributed by atoms with Gasteiger partial charge >= 0.3 is 11.9 Å². The topological polar surface area (TPSA) is 81.7 Å². The van der Waals surface area contributed by atoms with Gasteiger partial charge in [0.15, 0.2) is 0 Å². The molecular formula is C15H17F2NO5. The second kappa shape index (κ2) is 8.21. The Kier molecular flexibility index (Phi) is 6.62. The number of benzene rings is 1. The molecule has 1 amide bonds. The highest BCUT2D eigenvalue weighted by atomic mass is 19.1. The van der Waals surface area contributed by atoms with Crippen molar-refractivity contribution in [3.05, 3.63) is 35.4 Å². The smallest absolute Gasteiger partial charge is 0.328 e. The van der Waals surface area contributed by atoms with Crippen molar-refractivity contribution in [2.24, 2.45) is 5.92 Å². The average Bonchev–Trinajstić information content (AvgIpc) is 2.51. The molecule has 0 saturated carbocycles. The zero-order valence-electron chi connectivity index (χ0n) is 12.9. The zero-order chi connectivity index (χ0) is 17.6. The Hall–Kier alpha value is -2.51. The van der Waals surface area contributed by atoms with Crippen LogP contribution in [0.1, 0.15) is 23.7 Å². The molecular weight excluding hydrogens is 312 g/mol. The van der Waals surface area contributed by atoms with Gasteiger partial charge in [-0.1, -0.05) is 6.92 Å². The molecule has 126 valence electrons. The van der Waals surface area contributed by atoms with Crippen molar-refractivity contribution in [3.63, 3.8) is 0 Å². The van der Waals surface area contributed by atoms with E-state index in [1.54, 1.807) is 0 Å². The Morgan fingerprint density at radius 1 is 1.04 bits per heavy atom. The van der Waals surface area contributed by atoms with Gasteiger partial charge in [-0.3, -0.25) is 9.59 Å². The molecule has 0 bridgehead atoms. The summed E-state index contributed by atoms with van der Waals surface area (Å²) in [6.45, 7) is 1.51. The fraction of sp³-hybridized carbons (Fsp3) is 0.400. The highest BCUT2D eigenvalue weighted by Crippen LogP contribution is 2.12. The summed E-state index contributed by atoms with van der Waals surface area (Å²) in [6.07, 6.45) is -0.0805. The summed E-state index contributed by atoms with van der Waals surface area (Å²) in [5, 5.41) is 2.29. The van der Waals surface area contributed by atoms with E-state index in [0.29, 0.717) is 6.07 Å². The van der Waals surface area contributed by atoms with Crippen molar-refractivity contribution >= 4 is 17.8 Å². The molecule has 1 aromatic carbocycles. The summed E-state index contributed by atoms with van der Waals surface area (Å²) >= 11 is 0. The lowest BCUT2D eigenvalue weighted by Crippen LogP contribution is -2.43. The van der Waals surface area contributed by atoms with Crippen LogP contribution in [0.15, 0.2) is 18.2 Å². The largest absolute Gasteiger partial charge is 0.469 e. The number of halogens is 2. The lowest BCUT2D eigenvalue weighted by atomic mass is 10.0. The molecule has 1 N–H and O–H groups in total. The third kappa shape index (κ3) is 5.32. The summed E-state index contributed by atoms with van der Waals surface area (Å²) in [4.78, 5) is 35.2. The van der Waals surface area contributed by atoms with Gasteiger partial charge in [-0.15, -0.1) is 0 Å². The highest BCUT2D eigenvalue weighted by Gasteiger charge is 2.27. The predicted molar refractivity (Wildman–Crippen MR) is 75.4 cm³/mol. The molecule has 2 atom stereocenters. The maximum atomic E-state index is 13.1. The van der Waals surface area contributed by atoms with Crippen molar-refractivity contribution < 1.29 is 32.6 Å². The molecule has 0 radical (unpaired) electrons. The molecule has 0 spiro atoms. The van der Waals surface area contributed by atoms with E-state index in [1.807, 2.05) is 0 Å². The van der Waals surface area contributed by atoms with Gasteiger partial charge in [-0.05, 0) is 18.6 Å². The van der Waals surface area contributed by atoms with Crippen LogP contribution in [0, 0.1) is 17.6 Å². The minimum Gasteiger partial charge on any atom is -0.469 e. The third-order valence-corrected chi connectivity index (χ3v) is 3.11. The molecule has 0 fully saturated rings. The van der Waals surface area contributed by atoms with E-state index in [1.165, 1.54) is 14.0 Å². The Balaban J connectivity index is 2.90. The number of hydrogen-bond acceptors (Lipinski definition) is 5. The van der Waals surface area contributed by atoms with Crippen LogP contribution >= 0.6 is 0 Å². The van der Waals surface area contributed by atoms with Crippen LogP contribution in [-0.4, -0.2) is 38.1 Å². The summed E-state index contributed by atoms with van der Waals surface area (Å²) < 4.78 is 35.4. The van der Waals surface area contributed by atoms with Crippen molar-refractivity contribution in [3.8, 4) is 0 Å². The van der Waals surface area contributed by atoms with Crippen molar-refractivity contribution in [1.82, 2.24) is 5.32 Å². The average molecular weight is 329 g/mol. The van der Waals surface area contributed by atoms with E-state index in [-0.39, 0.29) is 12.0 Å². The van der Waals surface area contributed by atoms with Crippen LogP contribution in [0.25, 0.3) is 0 Å². The fourth-order valence-electron chi connectivity index (χ4n) is 1.93. The van der Waals surface area contributed by atoms with E-state index < -0.39 is 41.4 Å². The highest BCUT2D eigenvalue weighted by molar-refractivity contribution is 5.96. The van der Waals surface area contributed by atoms with Crippen molar-refractivity contribution in [1.29, 1.82) is 0 Å². The first-order chi connectivity index (χ1) is 10.8. The van der Waals surface area contributed by atoms with Gasteiger partial charge in [0.25, 0.3) is 5.91 Å². The molecule has 0 aliphatic rings. The van der Waals surface area contributed by atoms with E-state index in [2.05, 4.69) is 14.8 Å². The summed E-state index contributed by atoms with van der Waals surface area (Å²) in [5.74, 6) is -4.75. The van der Waals surface area contributed by atoms with Crippen LogP contribution in [0.3, 0.4) is 0 Å². The Labute approximate surface area is 131 Å². The van der Waals surface area contributed by atoms with Crippen LogP contribution < -0.4 is 5.32 Å². The molecule has 23 heavy (non-hydrogen) atoms. The van der Waals surface area contributed by atoms with E-state index in [4.69, 9.17) is 0 Å². The van der Waals surface area contributed by atoms with Gasteiger partial charge in [-0.25, -0.2) is 13.6 Å². The maximum absolute atomic E-state index is 13.1. The molecule has 6 nitrogen and oxygen atoms in total. The number of esters is 2. The minimum absolute atomic E-state index is 0.0805. The fourth-order valence-corrected chi connectivity index (χ4v) is 1.93. The number of rotatable bonds is 6. The van der Waals surface area contributed by atoms with Crippen LogP contribution in [-0.2, 0) is 19.1 Å². The van der Waals surface area contributed by atoms with Crippen molar-refractivity contribution in [2.75, 3.05) is 14.2 Å². The molecule has 0 aromatic heterocycles. The molecule has 0 saturated heterocycles. The van der Waals surface area contributed by atoms with E-state index in [9.17, 15) is 23.2 Å². The number of amides is 1. The van der Waals surface area contributed by atoms with E-state index in [0.717, 1.165) is 19.2 Å². The first-order valence-corrected chi connectivity index (χ1v) is 6.71. The lowest BCUT2D eigenvalue weighted by Gasteiger charge is -2.19. The van der Waals surface area contributed by atoms with Crippen LogP contribution in [0.4, 0.5) is 8.78 Å². The number of nitrogens with one attached hydrogen (secondary N) is 1. The van der Waals surface area contributed by atoms with Crippen LogP contribution in [0.5, 0.6) is 0 Å². The molecule has 0 unspecified atom stereocenters. The zero-order valence-corrected chi connectivity index (χ0v) is 12.9. The molecule has 0 aliphatic carbocycles. The number of ether oxygens (including phenoxy) is 2. The van der Waals surface area contributed by atoms with Gasteiger partial charge in [-0.2, -0.15) is 0 Å². The number of carbonyl (C=O) groups excluding carboxylic acids is 3. The second-order valence-electron chi connectivity index (χ2n) is 4.87. The number of carbonyl (C=O) groups is 3. The van der Waals surface area contributed by atoms with Crippen molar-refractivity contribution in [2.45, 2.75) is 19.4 Å². The SMILES string of the molecule is COC(=O)[C@H](C)C[C@@H](NC(=O)c1cc(F)cc(F)c1)C(=O)OC. The standard InChI is InChI=1S/C15H17F2NO5/c1-8(14(20)22-2)4-12(15(21)23-3)18-13(19)9-5-10(16)7-11(17)6-9/h5-8,12H,4H2,1-3H3,(H,18,19)/t8-,12-/m1/s1. The molecule has 1 rings (SSSR count). The quantitative estimate of drug-likeness (QED) is 0.799. The van der Waals surface area contributed by atoms with Gasteiger partial charge in [0.05, 0.1) is 20.1 Å². The number of hydrogen-bond donors (Lipinski definition) is 1. The van der Waals surface area contributed by atoms with Gasteiger partial charge in [0.1, 0.15) is 17.7 Å². The number of methoxy groups -OCH3 is 2. The molecule has 1 aromatic rings. The van der Waals surface area contributed by atoms with Crippen LogP contribution in [0.2, 0.25) is 0 Å². The van der Waals surface area contributed by atoms with E-state index >= 15 is 0 Å². The van der Waals surface area contributed by atoms with Gasteiger partial charge in [0.2, 0.25) is 0 Å². The lowest BCUT2D eigenvalue weighted by molar-refractivity contribution is -0.147. The Morgan fingerprint density at radius 3 is 2.04 bits per heavy atom. The second-order valence-corrected chi connectivity index (χ2v) is 4.87. The van der Waals surface area contributed by atoms with Gasteiger partial charge in [0, 0.05) is 11.6 Å². The van der Waals surface area contributed by atoms with Gasteiger partial charge < -0.3 is 14.8 Å². The maximum Gasteiger partial charge on any atom is 0.328 e. The first-order valence-electron chi connectivity index (χ1n) is 6.71. The minimum atomic E-state index is -1.16.